The van der Waals surface area contributed by atoms with Crippen molar-refractivity contribution in [1.82, 2.24) is 9.97 Å². The summed E-state index contributed by atoms with van der Waals surface area (Å²) in [6, 6.07) is 7.56. The highest BCUT2D eigenvalue weighted by Crippen LogP contribution is 2.26. The highest BCUT2D eigenvalue weighted by Gasteiger charge is 2.07. The van der Waals surface area contributed by atoms with Gasteiger partial charge in [-0.15, -0.1) is 0 Å². The van der Waals surface area contributed by atoms with Crippen LogP contribution in [-0.4, -0.2) is 9.97 Å². The van der Waals surface area contributed by atoms with Crippen molar-refractivity contribution in [2.45, 2.75) is 27.2 Å². The lowest BCUT2D eigenvalue weighted by atomic mass is 10.1. The zero-order valence-corrected chi connectivity index (χ0v) is 11.5. The molecule has 1 aromatic carbocycles. The number of rotatable bonds is 3. The lowest BCUT2D eigenvalue weighted by Crippen LogP contribution is -1.97. The van der Waals surface area contributed by atoms with Crippen molar-refractivity contribution in [1.29, 1.82) is 0 Å². The summed E-state index contributed by atoms with van der Waals surface area (Å²) in [6.45, 7) is 6.05. The van der Waals surface area contributed by atoms with Gasteiger partial charge in [-0.3, -0.25) is 0 Å². The van der Waals surface area contributed by atoms with Crippen LogP contribution in [0.4, 0.5) is 0 Å². The molecule has 18 heavy (non-hydrogen) atoms. The molecule has 0 N–H and O–H groups in total. The van der Waals surface area contributed by atoms with E-state index < -0.39 is 0 Å². The van der Waals surface area contributed by atoms with Gasteiger partial charge in [0.05, 0.1) is 0 Å². The lowest BCUT2D eigenvalue weighted by molar-refractivity contribution is 0.455. The van der Waals surface area contributed by atoms with E-state index in [4.69, 9.17) is 16.3 Å². The Balaban J connectivity index is 2.34. The first-order valence-electron chi connectivity index (χ1n) is 5.87. The Bertz CT molecular complexity index is 570. The van der Waals surface area contributed by atoms with Gasteiger partial charge in [-0.25, -0.2) is 4.98 Å². The molecule has 0 aliphatic heterocycles. The zero-order valence-electron chi connectivity index (χ0n) is 10.7. The van der Waals surface area contributed by atoms with E-state index >= 15 is 0 Å². The minimum atomic E-state index is 0.405. The third kappa shape index (κ3) is 2.79. The van der Waals surface area contributed by atoms with Crippen molar-refractivity contribution in [3.63, 3.8) is 0 Å². The smallest absolute Gasteiger partial charge is 0.224 e. The summed E-state index contributed by atoms with van der Waals surface area (Å²) in [5.74, 6) is 1.97. The second-order valence-corrected chi connectivity index (χ2v) is 4.49. The van der Waals surface area contributed by atoms with Gasteiger partial charge in [0.25, 0.3) is 0 Å². The van der Waals surface area contributed by atoms with Crippen LogP contribution < -0.4 is 4.74 Å². The molecular formula is C14H15ClN2O. The molecule has 3 nitrogen and oxygen atoms in total. The maximum absolute atomic E-state index is 5.93. The van der Waals surface area contributed by atoms with Gasteiger partial charge in [0.15, 0.2) is 0 Å². The molecule has 0 radical (unpaired) electrons. The van der Waals surface area contributed by atoms with Crippen LogP contribution in [0.3, 0.4) is 0 Å². The highest BCUT2D eigenvalue weighted by molar-refractivity contribution is 6.29. The van der Waals surface area contributed by atoms with Gasteiger partial charge in [-0.1, -0.05) is 30.7 Å². The van der Waals surface area contributed by atoms with Crippen molar-refractivity contribution >= 4 is 11.6 Å². The molecule has 0 amide bonds. The number of aryl methyl sites for hydroxylation is 2. The number of ether oxygens (including phenoxy) is 1. The van der Waals surface area contributed by atoms with Crippen LogP contribution in [0.1, 0.15) is 23.9 Å². The topological polar surface area (TPSA) is 35.0 Å². The van der Waals surface area contributed by atoms with Crippen LogP contribution in [0.2, 0.25) is 5.15 Å². The van der Waals surface area contributed by atoms with Crippen LogP contribution >= 0.6 is 11.6 Å². The Labute approximate surface area is 112 Å². The third-order valence-electron chi connectivity index (χ3n) is 2.80. The van der Waals surface area contributed by atoms with Gasteiger partial charge in [0.2, 0.25) is 5.88 Å². The molecule has 0 spiro atoms. The van der Waals surface area contributed by atoms with E-state index in [9.17, 15) is 0 Å². The fraction of sp³-hybridized carbons (Fsp3) is 0.286. The molecule has 0 atom stereocenters. The normalized spacial score (nSPS) is 10.4. The molecule has 0 unspecified atom stereocenters. The SMILES string of the molecule is CCc1nc(Cl)cc(Oc2cccc(C)c2C)n1. The molecule has 94 valence electrons. The second kappa shape index (κ2) is 5.36. The number of nitrogens with zero attached hydrogens (tertiary/aromatic N) is 2. The van der Waals surface area contributed by atoms with E-state index in [1.807, 2.05) is 39.0 Å². The van der Waals surface area contributed by atoms with Crippen molar-refractivity contribution < 1.29 is 4.74 Å². The van der Waals surface area contributed by atoms with Crippen molar-refractivity contribution in [2.75, 3.05) is 0 Å². The fourth-order valence-electron chi connectivity index (χ4n) is 1.60. The minimum Gasteiger partial charge on any atom is -0.439 e. The summed E-state index contributed by atoms with van der Waals surface area (Å²) < 4.78 is 5.78. The van der Waals surface area contributed by atoms with Crippen molar-refractivity contribution in [2.24, 2.45) is 0 Å². The Hall–Kier alpha value is -1.61. The first kappa shape index (κ1) is 12.8. The second-order valence-electron chi connectivity index (χ2n) is 4.10. The monoisotopic (exact) mass is 262 g/mol. The van der Waals surface area contributed by atoms with E-state index in [-0.39, 0.29) is 0 Å². The lowest BCUT2D eigenvalue weighted by Gasteiger charge is -2.10. The molecule has 2 aromatic rings. The third-order valence-corrected chi connectivity index (χ3v) is 3.00. The van der Waals surface area contributed by atoms with Gasteiger partial charge >= 0.3 is 0 Å². The molecule has 0 fully saturated rings. The Morgan fingerprint density at radius 1 is 1.22 bits per heavy atom. The van der Waals surface area contributed by atoms with Gasteiger partial charge in [0.1, 0.15) is 16.7 Å². The number of benzene rings is 1. The van der Waals surface area contributed by atoms with Gasteiger partial charge < -0.3 is 4.74 Å². The van der Waals surface area contributed by atoms with Crippen molar-refractivity contribution in [3.05, 3.63) is 46.4 Å². The molecule has 4 heteroatoms. The number of hydrogen-bond donors (Lipinski definition) is 0. The first-order valence-corrected chi connectivity index (χ1v) is 6.25. The van der Waals surface area contributed by atoms with Gasteiger partial charge in [-0.05, 0) is 31.0 Å². The number of halogens is 1. The molecule has 2 rings (SSSR count). The molecule has 1 aromatic heterocycles. The number of aromatic nitrogens is 2. The standard InChI is InChI=1S/C14H15ClN2O/c1-4-13-16-12(15)8-14(17-13)18-11-7-5-6-9(2)10(11)3/h5-8H,4H2,1-3H3. The summed E-state index contributed by atoms with van der Waals surface area (Å²) in [7, 11) is 0. The Morgan fingerprint density at radius 3 is 2.72 bits per heavy atom. The molecule has 0 aliphatic rings. The van der Waals surface area contributed by atoms with E-state index in [1.165, 1.54) is 5.56 Å². The minimum absolute atomic E-state index is 0.405. The van der Waals surface area contributed by atoms with Crippen LogP contribution in [0.15, 0.2) is 24.3 Å². The predicted molar refractivity (Wildman–Crippen MR) is 72.4 cm³/mol. The van der Waals surface area contributed by atoms with E-state index in [1.54, 1.807) is 6.07 Å². The fourth-order valence-corrected chi connectivity index (χ4v) is 1.79. The molecule has 0 saturated heterocycles. The molecule has 0 aliphatic carbocycles. The summed E-state index contributed by atoms with van der Waals surface area (Å²) in [6.07, 6.45) is 0.726. The molecule has 1 heterocycles. The average molecular weight is 263 g/mol. The quantitative estimate of drug-likeness (QED) is 0.781. The average Bonchev–Trinajstić information content (AvgIpc) is 2.34. The van der Waals surface area contributed by atoms with Crippen LogP contribution in [0.5, 0.6) is 11.6 Å². The summed E-state index contributed by atoms with van der Waals surface area (Å²) in [4.78, 5) is 8.41. The van der Waals surface area contributed by atoms with Crippen LogP contribution in [0, 0.1) is 13.8 Å². The van der Waals surface area contributed by atoms with Crippen LogP contribution in [-0.2, 0) is 6.42 Å². The van der Waals surface area contributed by atoms with Crippen molar-refractivity contribution in [3.8, 4) is 11.6 Å². The predicted octanol–water partition coefficient (Wildman–Crippen LogP) is 4.10. The molecular weight excluding hydrogens is 248 g/mol. The first-order chi connectivity index (χ1) is 8.60. The molecule has 0 saturated carbocycles. The Morgan fingerprint density at radius 2 is 2.00 bits per heavy atom. The maximum Gasteiger partial charge on any atom is 0.224 e. The van der Waals surface area contributed by atoms with Gasteiger partial charge in [-0.2, -0.15) is 4.98 Å². The number of hydrogen-bond acceptors (Lipinski definition) is 3. The summed E-state index contributed by atoms with van der Waals surface area (Å²) >= 11 is 5.93. The summed E-state index contributed by atoms with van der Waals surface area (Å²) in [5.41, 5.74) is 2.29. The van der Waals surface area contributed by atoms with Crippen LogP contribution in [0.25, 0.3) is 0 Å². The largest absolute Gasteiger partial charge is 0.439 e. The Kier molecular flexibility index (Phi) is 3.82. The van der Waals surface area contributed by atoms with Gasteiger partial charge in [0, 0.05) is 12.5 Å². The van der Waals surface area contributed by atoms with E-state index in [2.05, 4.69) is 9.97 Å². The van der Waals surface area contributed by atoms with E-state index in [0.717, 1.165) is 17.7 Å². The highest BCUT2D eigenvalue weighted by atomic mass is 35.5. The maximum atomic E-state index is 5.93. The zero-order chi connectivity index (χ0) is 13.1. The molecule has 0 bridgehead atoms. The summed E-state index contributed by atoms with van der Waals surface area (Å²) in [5, 5.41) is 0.405. The van der Waals surface area contributed by atoms with E-state index in [0.29, 0.717) is 16.9 Å².